The highest BCUT2D eigenvalue weighted by molar-refractivity contribution is 7.92. The molecule has 2 aromatic carbocycles. The van der Waals surface area contributed by atoms with Crippen molar-refractivity contribution in [3.63, 3.8) is 0 Å². The first-order valence-corrected chi connectivity index (χ1v) is 10.9. The predicted octanol–water partition coefficient (Wildman–Crippen LogP) is 4.58. The molecule has 0 fully saturated rings. The lowest BCUT2D eigenvalue weighted by Crippen LogP contribution is -2.13. The third kappa shape index (κ3) is 5.12. The van der Waals surface area contributed by atoms with Crippen molar-refractivity contribution >= 4 is 15.7 Å². The number of nitrogens with zero attached hydrogens (tertiary/aromatic N) is 4. The lowest BCUT2D eigenvalue weighted by molar-refractivity contribution is -0.137. The number of benzene rings is 2. The maximum Gasteiger partial charge on any atom is 0.416 e. The van der Waals surface area contributed by atoms with Gasteiger partial charge in [-0.25, -0.2) is 23.4 Å². The Labute approximate surface area is 186 Å². The molecule has 0 aliphatic heterocycles. The summed E-state index contributed by atoms with van der Waals surface area (Å²) in [6.45, 7) is 1.83. The van der Waals surface area contributed by atoms with Gasteiger partial charge >= 0.3 is 6.18 Å². The molecule has 0 radical (unpaired) electrons. The molecule has 170 valence electrons. The summed E-state index contributed by atoms with van der Waals surface area (Å²) < 4.78 is 72.8. The number of hydrogen-bond acceptors (Lipinski definition) is 6. The fraction of sp³-hybridized carbons (Fsp3) is 0.0952. The van der Waals surface area contributed by atoms with E-state index in [1.165, 1.54) is 30.6 Å². The number of hydrogen-bond donors (Lipinski definition) is 1. The van der Waals surface area contributed by atoms with Gasteiger partial charge in [-0.05, 0) is 55.5 Å². The van der Waals surface area contributed by atoms with Crippen LogP contribution in [0.25, 0.3) is 5.82 Å². The van der Waals surface area contributed by atoms with Crippen LogP contribution in [-0.4, -0.2) is 27.9 Å². The van der Waals surface area contributed by atoms with E-state index in [1.54, 1.807) is 23.0 Å². The van der Waals surface area contributed by atoms with Gasteiger partial charge in [-0.2, -0.15) is 13.2 Å². The summed E-state index contributed by atoms with van der Waals surface area (Å²) in [6, 6.07) is 10.8. The minimum atomic E-state index is -4.55. The zero-order valence-corrected chi connectivity index (χ0v) is 17.8. The zero-order valence-electron chi connectivity index (χ0n) is 17.0. The standard InChI is InChI=1S/C21H16F3N5O3S/c1-14-25-10-11-29(14)19-12-20(27-13-26-19)32-17-6-4-16(5-7-17)28-33(30,31)18-8-2-15(3-9-18)21(22,23)24/h2-13,28H,1H3. The molecule has 0 saturated heterocycles. The van der Waals surface area contributed by atoms with Crippen LogP contribution in [-0.2, 0) is 16.2 Å². The topological polar surface area (TPSA) is 99.0 Å². The van der Waals surface area contributed by atoms with Crippen LogP contribution in [0.3, 0.4) is 0 Å². The summed E-state index contributed by atoms with van der Waals surface area (Å²) in [6.07, 6.45) is 0.186. The molecule has 33 heavy (non-hydrogen) atoms. The fourth-order valence-corrected chi connectivity index (χ4v) is 3.95. The predicted molar refractivity (Wildman–Crippen MR) is 113 cm³/mol. The molecule has 0 saturated carbocycles. The average Bonchev–Trinajstić information content (AvgIpc) is 3.20. The Morgan fingerprint density at radius 3 is 2.27 bits per heavy atom. The highest BCUT2D eigenvalue weighted by atomic mass is 32.2. The van der Waals surface area contributed by atoms with E-state index in [0.29, 0.717) is 23.7 Å². The van der Waals surface area contributed by atoms with Crippen molar-refractivity contribution in [1.82, 2.24) is 19.5 Å². The molecule has 2 aromatic heterocycles. The normalized spacial score (nSPS) is 11.9. The monoisotopic (exact) mass is 475 g/mol. The van der Waals surface area contributed by atoms with Crippen molar-refractivity contribution in [2.75, 3.05) is 4.72 Å². The van der Waals surface area contributed by atoms with Crippen LogP contribution in [0.2, 0.25) is 0 Å². The summed E-state index contributed by atoms with van der Waals surface area (Å²) in [5, 5.41) is 0. The molecule has 0 atom stereocenters. The molecule has 0 aliphatic carbocycles. The van der Waals surface area contributed by atoms with Crippen molar-refractivity contribution in [3.05, 3.63) is 84.7 Å². The number of imidazole rings is 1. The van der Waals surface area contributed by atoms with Gasteiger partial charge in [-0.1, -0.05) is 0 Å². The summed E-state index contributed by atoms with van der Waals surface area (Å²) >= 11 is 0. The van der Waals surface area contributed by atoms with Gasteiger partial charge < -0.3 is 4.74 Å². The molecule has 0 spiro atoms. The second kappa shape index (κ2) is 8.54. The van der Waals surface area contributed by atoms with Gasteiger partial charge in [0.25, 0.3) is 10.0 Å². The van der Waals surface area contributed by atoms with Gasteiger partial charge in [0, 0.05) is 24.1 Å². The number of aryl methyl sites for hydroxylation is 1. The second-order valence-corrected chi connectivity index (χ2v) is 8.50. The number of ether oxygens (including phenoxy) is 1. The van der Waals surface area contributed by atoms with E-state index in [2.05, 4.69) is 19.7 Å². The number of anilines is 1. The van der Waals surface area contributed by atoms with E-state index < -0.39 is 21.8 Å². The molecule has 8 nitrogen and oxygen atoms in total. The minimum Gasteiger partial charge on any atom is -0.439 e. The lowest BCUT2D eigenvalue weighted by Gasteiger charge is -2.11. The van der Waals surface area contributed by atoms with Crippen LogP contribution in [0.15, 0.2) is 78.2 Å². The molecular weight excluding hydrogens is 459 g/mol. The number of rotatable bonds is 6. The fourth-order valence-electron chi connectivity index (χ4n) is 2.89. The van der Waals surface area contributed by atoms with Crippen molar-refractivity contribution in [1.29, 1.82) is 0 Å². The smallest absolute Gasteiger partial charge is 0.416 e. The summed E-state index contributed by atoms with van der Waals surface area (Å²) in [5.41, 5.74) is -0.723. The number of alkyl halides is 3. The molecular formula is C21H16F3N5O3S. The van der Waals surface area contributed by atoms with Gasteiger partial charge in [-0.3, -0.25) is 9.29 Å². The third-order valence-corrected chi connectivity index (χ3v) is 5.92. The van der Waals surface area contributed by atoms with Crippen molar-refractivity contribution in [2.45, 2.75) is 18.0 Å². The van der Waals surface area contributed by atoms with Gasteiger partial charge in [0.05, 0.1) is 10.5 Å². The Kier molecular flexibility index (Phi) is 5.77. The Bertz CT molecular complexity index is 1370. The maximum atomic E-state index is 12.7. The van der Waals surface area contributed by atoms with Gasteiger partial charge in [0.2, 0.25) is 5.88 Å². The zero-order chi connectivity index (χ0) is 23.6. The molecule has 0 aliphatic rings. The number of aromatic nitrogens is 4. The Morgan fingerprint density at radius 1 is 0.970 bits per heavy atom. The third-order valence-electron chi connectivity index (χ3n) is 4.52. The average molecular weight is 475 g/mol. The van der Waals surface area contributed by atoms with E-state index in [1.807, 2.05) is 6.92 Å². The SMILES string of the molecule is Cc1nccn1-c1cc(Oc2ccc(NS(=O)(=O)c3ccc(C(F)(F)F)cc3)cc2)ncn1. The van der Waals surface area contributed by atoms with Gasteiger partial charge in [0.1, 0.15) is 23.7 Å². The van der Waals surface area contributed by atoms with Crippen molar-refractivity contribution in [2.24, 2.45) is 0 Å². The molecule has 0 unspecified atom stereocenters. The largest absolute Gasteiger partial charge is 0.439 e. The van der Waals surface area contributed by atoms with E-state index in [4.69, 9.17) is 4.74 Å². The summed E-state index contributed by atoms with van der Waals surface area (Å²) in [4.78, 5) is 12.1. The van der Waals surface area contributed by atoms with E-state index >= 15 is 0 Å². The molecule has 4 aromatic rings. The number of nitrogens with one attached hydrogen (secondary N) is 1. The van der Waals surface area contributed by atoms with Crippen LogP contribution < -0.4 is 9.46 Å². The first-order valence-electron chi connectivity index (χ1n) is 9.42. The summed E-state index contributed by atoms with van der Waals surface area (Å²) in [5.74, 6) is 1.96. The molecule has 0 amide bonds. The van der Waals surface area contributed by atoms with Crippen molar-refractivity contribution in [3.8, 4) is 17.4 Å². The van der Waals surface area contributed by atoms with Crippen LogP contribution in [0.5, 0.6) is 11.6 Å². The molecule has 1 N–H and O–H groups in total. The van der Waals surface area contributed by atoms with Crippen LogP contribution >= 0.6 is 0 Å². The van der Waals surface area contributed by atoms with E-state index in [9.17, 15) is 21.6 Å². The van der Waals surface area contributed by atoms with E-state index in [0.717, 1.165) is 18.0 Å². The first kappa shape index (κ1) is 22.3. The quantitative estimate of drug-likeness (QED) is 0.438. The van der Waals surface area contributed by atoms with Gasteiger partial charge in [-0.15, -0.1) is 0 Å². The highest BCUT2D eigenvalue weighted by Gasteiger charge is 2.30. The molecule has 12 heteroatoms. The lowest BCUT2D eigenvalue weighted by atomic mass is 10.2. The number of sulfonamides is 1. The van der Waals surface area contributed by atoms with Crippen LogP contribution in [0, 0.1) is 6.92 Å². The molecule has 0 bridgehead atoms. The Hall–Kier alpha value is -3.93. The Balaban J connectivity index is 1.46. The van der Waals surface area contributed by atoms with Gasteiger partial charge in [0.15, 0.2) is 0 Å². The Morgan fingerprint density at radius 2 is 1.67 bits per heavy atom. The molecule has 4 rings (SSSR count). The van der Waals surface area contributed by atoms with E-state index in [-0.39, 0.29) is 16.5 Å². The minimum absolute atomic E-state index is 0.208. The second-order valence-electron chi connectivity index (χ2n) is 6.81. The number of halogens is 3. The van der Waals surface area contributed by atoms with Crippen LogP contribution in [0.4, 0.5) is 18.9 Å². The van der Waals surface area contributed by atoms with Crippen molar-refractivity contribution < 1.29 is 26.3 Å². The maximum absolute atomic E-state index is 12.7. The van der Waals surface area contributed by atoms with Crippen LogP contribution in [0.1, 0.15) is 11.4 Å². The highest BCUT2D eigenvalue weighted by Crippen LogP contribution is 2.30. The molecule has 2 heterocycles. The summed E-state index contributed by atoms with van der Waals surface area (Å²) in [7, 11) is -4.07. The first-order chi connectivity index (χ1) is 15.6.